The molecule has 3 heterocycles. The highest BCUT2D eigenvalue weighted by Gasteiger charge is 2.38. The van der Waals surface area contributed by atoms with Gasteiger partial charge in [-0.05, 0) is 13.8 Å². The van der Waals surface area contributed by atoms with Gasteiger partial charge < -0.3 is 4.90 Å². The molecule has 0 N–H and O–H groups in total. The first-order valence-electron chi connectivity index (χ1n) is 7.81. The Kier molecular flexibility index (Phi) is 4.49. The van der Waals surface area contributed by atoms with Gasteiger partial charge in [-0.1, -0.05) is 0 Å². The van der Waals surface area contributed by atoms with E-state index in [2.05, 4.69) is 15.1 Å². The molecule has 144 valence electrons. The zero-order valence-electron chi connectivity index (χ0n) is 13.9. The summed E-state index contributed by atoms with van der Waals surface area (Å²) in [6.07, 6.45) is -9.01. The van der Waals surface area contributed by atoms with E-state index in [0.717, 1.165) is 4.52 Å². The summed E-state index contributed by atoms with van der Waals surface area (Å²) in [4.78, 5) is 10.4. The average molecular weight is 382 g/mol. The van der Waals surface area contributed by atoms with E-state index in [1.54, 1.807) is 24.8 Å². The van der Waals surface area contributed by atoms with Crippen LogP contribution in [0.4, 0.5) is 32.2 Å². The lowest BCUT2D eigenvalue weighted by atomic mass is 10.2. The SMILES string of the molecule is Cc1cc(N2CCN(CC(F)(F)F)C(C)C2)n2nc(C(F)(F)F)nc2n1. The quantitative estimate of drug-likeness (QED) is 0.748. The Morgan fingerprint density at radius 1 is 1.12 bits per heavy atom. The highest BCUT2D eigenvalue weighted by atomic mass is 19.4. The number of hydrogen-bond donors (Lipinski definition) is 0. The molecule has 3 rings (SSSR count). The van der Waals surface area contributed by atoms with Gasteiger partial charge in [-0.2, -0.15) is 35.8 Å². The molecule has 26 heavy (non-hydrogen) atoms. The first-order chi connectivity index (χ1) is 11.9. The summed E-state index contributed by atoms with van der Waals surface area (Å²) in [6.45, 7) is 2.80. The highest BCUT2D eigenvalue weighted by Crippen LogP contribution is 2.28. The Bertz CT molecular complexity index is 798. The number of aryl methyl sites for hydroxylation is 1. The van der Waals surface area contributed by atoms with E-state index in [1.807, 2.05) is 0 Å². The zero-order chi connectivity index (χ0) is 19.3. The number of hydrogen-bond acceptors (Lipinski definition) is 5. The second-order valence-electron chi connectivity index (χ2n) is 6.28. The van der Waals surface area contributed by atoms with Crippen molar-refractivity contribution in [3.05, 3.63) is 17.6 Å². The van der Waals surface area contributed by atoms with Gasteiger partial charge in [0.25, 0.3) is 11.6 Å². The number of alkyl halides is 6. The molecular formula is C14H16F6N6. The van der Waals surface area contributed by atoms with Crippen molar-refractivity contribution in [2.45, 2.75) is 32.2 Å². The van der Waals surface area contributed by atoms with Crippen LogP contribution in [-0.2, 0) is 6.18 Å². The van der Waals surface area contributed by atoms with Gasteiger partial charge in [0.15, 0.2) is 0 Å². The van der Waals surface area contributed by atoms with Gasteiger partial charge in [-0.15, -0.1) is 5.10 Å². The molecule has 6 nitrogen and oxygen atoms in total. The number of fused-ring (bicyclic) bond motifs is 1. The van der Waals surface area contributed by atoms with Crippen LogP contribution < -0.4 is 4.90 Å². The van der Waals surface area contributed by atoms with Crippen LogP contribution in [0.1, 0.15) is 18.4 Å². The number of rotatable bonds is 2. The molecular weight excluding hydrogens is 366 g/mol. The molecule has 2 aromatic rings. The fourth-order valence-corrected chi connectivity index (χ4v) is 2.98. The van der Waals surface area contributed by atoms with Gasteiger partial charge in [-0.25, -0.2) is 4.98 Å². The lowest BCUT2D eigenvalue weighted by molar-refractivity contribution is -0.150. The lowest BCUT2D eigenvalue weighted by Gasteiger charge is -2.40. The smallest absolute Gasteiger partial charge is 0.354 e. The maximum atomic E-state index is 12.9. The minimum atomic E-state index is -4.71. The molecule has 1 unspecified atom stereocenters. The van der Waals surface area contributed by atoms with Crippen LogP contribution in [0.25, 0.3) is 5.78 Å². The number of anilines is 1. The predicted molar refractivity (Wildman–Crippen MR) is 79.8 cm³/mol. The molecule has 0 aromatic carbocycles. The number of halogens is 6. The van der Waals surface area contributed by atoms with Crippen LogP contribution in [0.15, 0.2) is 6.07 Å². The van der Waals surface area contributed by atoms with Gasteiger partial charge in [0, 0.05) is 37.4 Å². The van der Waals surface area contributed by atoms with Crippen LogP contribution in [0.3, 0.4) is 0 Å². The van der Waals surface area contributed by atoms with E-state index in [0.29, 0.717) is 11.5 Å². The summed E-state index contributed by atoms with van der Waals surface area (Å²) in [7, 11) is 0. The maximum Gasteiger partial charge on any atom is 0.453 e. The summed E-state index contributed by atoms with van der Waals surface area (Å²) in [5.74, 6) is -1.17. The highest BCUT2D eigenvalue weighted by molar-refractivity contribution is 5.48. The molecule has 1 aliphatic rings. The van der Waals surface area contributed by atoms with Gasteiger partial charge in [0.1, 0.15) is 5.82 Å². The molecule has 0 bridgehead atoms. The van der Waals surface area contributed by atoms with Crippen LogP contribution in [0.5, 0.6) is 0 Å². The van der Waals surface area contributed by atoms with Crippen molar-refractivity contribution < 1.29 is 26.3 Å². The Hall–Kier alpha value is -2.11. The topological polar surface area (TPSA) is 49.6 Å². The molecule has 0 radical (unpaired) electrons. The third-order valence-electron chi connectivity index (χ3n) is 4.15. The molecule has 2 aromatic heterocycles. The van der Waals surface area contributed by atoms with E-state index in [-0.39, 0.29) is 25.4 Å². The van der Waals surface area contributed by atoms with Crippen LogP contribution in [0.2, 0.25) is 0 Å². The standard InChI is InChI=1S/C14H16F6N6/c1-8-5-10(26-12(21-8)22-11(23-26)14(18,19)20)24-3-4-25(9(2)6-24)7-13(15,16)17/h5,9H,3-4,6-7H2,1-2H3. The van der Waals surface area contributed by atoms with Crippen molar-refractivity contribution in [3.63, 3.8) is 0 Å². The molecule has 0 amide bonds. The number of piperazine rings is 1. The molecule has 1 saturated heterocycles. The largest absolute Gasteiger partial charge is 0.453 e. The van der Waals surface area contributed by atoms with E-state index in [9.17, 15) is 26.3 Å². The Morgan fingerprint density at radius 2 is 1.81 bits per heavy atom. The second kappa shape index (κ2) is 6.25. The zero-order valence-corrected chi connectivity index (χ0v) is 13.9. The summed E-state index contributed by atoms with van der Waals surface area (Å²) in [6, 6.07) is 1.12. The van der Waals surface area contributed by atoms with E-state index in [1.165, 1.54) is 4.90 Å². The normalized spacial score (nSPS) is 20.2. The second-order valence-corrected chi connectivity index (χ2v) is 6.28. The Balaban J connectivity index is 1.90. The fourth-order valence-electron chi connectivity index (χ4n) is 2.98. The van der Waals surface area contributed by atoms with E-state index < -0.39 is 30.8 Å². The van der Waals surface area contributed by atoms with Crippen molar-refractivity contribution >= 4 is 11.6 Å². The molecule has 1 fully saturated rings. The van der Waals surface area contributed by atoms with Crippen LogP contribution in [-0.4, -0.2) is 62.9 Å². The van der Waals surface area contributed by atoms with Gasteiger partial charge in [-0.3, -0.25) is 4.90 Å². The Morgan fingerprint density at radius 3 is 2.38 bits per heavy atom. The lowest BCUT2D eigenvalue weighted by Crippen LogP contribution is -2.54. The molecule has 0 aliphatic carbocycles. The van der Waals surface area contributed by atoms with E-state index in [4.69, 9.17) is 0 Å². The van der Waals surface area contributed by atoms with Gasteiger partial charge in [0.2, 0.25) is 0 Å². The average Bonchev–Trinajstić information content (AvgIpc) is 2.91. The first-order valence-corrected chi connectivity index (χ1v) is 7.81. The fraction of sp³-hybridized carbons (Fsp3) is 0.643. The molecule has 1 atom stereocenters. The molecule has 1 aliphatic heterocycles. The molecule has 0 spiro atoms. The van der Waals surface area contributed by atoms with Crippen molar-refractivity contribution in [2.75, 3.05) is 31.1 Å². The minimum Gasteiger partial charge on any atom is -0.354 e. The predicted octanol–water partition coefficient (Wildman–Crippen LogP) is 2.52. The van der Waals surface area contributed by atoms with Crippen molar-refractivity contribution in [2.24, 2.45) is 0 Å². The first kappa shape index (κ1) is 18.7. The minimum absolute atomic E-state index is 0.129. The molecule has 12 heteroatoms. The van der Waals surface area contributed by atoms with Gasteiger partial charge >= 0.3 is 12.4 Å². The van der Waals surface area contributed by atoms with Crippen molar-refractivity contribution in [3.8, 4) is 0 Å². The third kappa shape index (κ3) is 3.84. The summed E-state index contributed by atoms with van der Waals surface area (Å²) >= 11 is 0. The van der Waals surface area contributed by atoms with Gasteiger partial charge in [0.05, 0.1) is 6.54 Å². The Labute approximate surface area is 144 Å². The monoisotopic (exact) mass is 382 g/mol. The van der Waals surface area contributed by atoms with Crippen LogP contribution >= 0.6 is 0 Å². The summed E-state index contributed by atoms with van der Waals surface area (Å²) < 4.78 is 77.5. The van der Waals surface area contributed by atoms with Crippen molar-refractivity contribution in [1.82, 2.24) is 24.5 Å². The summed E-state index contributed by atoms with van der Waals surface area (Å²) in [5, 5.41) is 3.49. The number of aromatic nitrogens is 4. The van der Waals surface area contributed by atoms with Crippen molar-refractivity contribution in [1.29, 1.82) is 0 Å². The number of nitrogens with zero attached hydrogens (tertiary/aromatic N) is 6. The van der Waals surface area contributed by atoms with E-state index >= 15 is 0 Å². The summed E-state index contributed by atoms with van der Waals surface area (Å²) in [5.41, 5.74) is 0.444. The maximum absolute atomic E-state index is 12.9. The molecule has 0 saturated carbocycles. The third-order valence-corrected chi connectivity index (χ3v) is 4.15. The van der Waals surface area contributed by atoms with Crippen LogP contribution in [0, 0.1) is 6.92 Å².